The van der Waals surface area contributed by atoms with E-state index in [4.69, 9.17) is 4.74 Å². The highest BCUT2D eigenvalue weighted by Crippen LogP contribution is 2.20. The standard InChI is InChI=1S/C86H163NO5/c1-3-5-7-9-11-13-15-17-19-21-46-50-54-58-62-66-70-74-78-84(89)83(82-88)87-85(90)79-75-71-67-63-59-55-51-47-44-42-40-38-36-34-32-30-28-26-24-23-25-27-29-31-33-35-37-39-41-43-45-49-53-57-61-65-69-73-77-81-92-86(91)80-76-72-68-64-60-56-52-48-22-20-18-16-14-12-10-8-6-4-2/h20,22-24,27,29,74,78,83-84,88-89H,3-19,21,25-26,28,30-73,75-77,79-82H2,1-2H3,(H,87,90)/b22-20-,24-23-,29-27-,78-74+. The summed E-state index contributed by atoms with van der Waals surface area (Å²) in [6, 6.07) is -0.627. The lowest BCUT2D eigenvalue weighted by molar-refractivity contribution is -0.143. The third kappa shape index (κ3) is 76.8. The van der Waals surface area contributed by atoms with Crippen LogP contribution in [0, 0.1) is 0 Å². The Balaban J connectivity index is 3.36. The van der Waals surface area contributed by atoms with Crippen molar-refractivity contribution >= 4 is 11.9 Å². The van der Waals surface area contributed by atoms with Gasteiger partial charge in [-0.05, 0) is 89.9 Å². The summed E-state index contributed by atoms with van der Waals surface area (Å²) in [5, 5.41) is 23.3. The molecular weight excluding hydrogens is 1130 g/mol. The molecule has 3 N–H and O–H groups in total. The Hall–Kier alpha value is -2.18. The van der Waals surface area contributed by atoms with Gasteiger partial charge in [0, 0.05) is 12.8 Å². The molecule has 0 fully saturated rings. The normalized spacial score (nSPS) is 12.7. The second-order valence-electron chi connectivity index (χ2n) is 28.8. The smallest absolute Gasteiger partial charge is 0.305 e. The fourth-order valence-electron chi connectivity index (χ4n) is 13.2. The van der Waals surface area contributed by atoms with Gasteiger partial charge in [0.25, 0.3) is 0 Å². The summed E-state index contributed by atoms with van der Waals surface area (Å²) < 4.78 is 5.51. The van der Waals surface area contributed by atoms with Gasteiger partial charge in [0.05, 0.1) is 25.4 Å². The number of ether oxygens (including phenoxy) is 1. The number of unbranched alkanes of at least 4 members (excludes halogenated alkanes) is 62. The first kappa shape index (κ1) is 89.8. The summed E-state index contributed by atoms with van der Waals surface area (Å²) in [6.07, 6.45) is 108. The average Bonchev–Trinajstić information content (AvgIpc) is 3.61. The fraction of sp³-hybridized carbons (Fsp3) is 0.884. The van der Waals surface area contributed by atoms with E-state index in [1.807, 2.05) is 6.08 Å². The van der Waals surface area contributed by atoms with Crippen LogP contribution in [0.2, 0.25) is 0 Å². The number of allylic oxidation sites excluding steroid dienone is 7. The number of aliphatic hydroxyl groups is 2. The van der Waals surface area contributed by atoms with Crippen molar-refractivity contribution in [3.8, 4) is 0 Å². The van der Waals surface area contributed by atoms with Gasteiger partial charge in [-0.15, -0.1) is 0 Å². The number of hydrogen-bond donors (Lipinski definition) is 3. The van der Waals surface area contributed by atoms with Crippen LogP contribution in [0.15, 0.2) is 48.6 Å². The fourth-order valence-corrected chi connectivity index (χ4v) is 13.2. The number of amides is 1. The topological polar surface area (TPSA) is 95.9 Å². The molecular formula is C86H163NO5. The van der Waals surface area contributed by atoms with Gasteiger partial charge in [-0.1, -0.05) is 409 Å². The van der Waals surface area contributed by atoms with Crippen LogP contribution in [-0.2, 0) is 14.3 Å². The highest BCUT2D eigenvalue weighted by atomic mass is 16.5. The molecule has 0 bridgehead atoms. The zero-order valence-corrected chi connectivity index (χ0v) is 62.3. The minimum Gasteiger partial charge on any atom is -0.466 e. The van der Waals surface area contributed by atoms with Crippen LogP contribution in [0.1, 0.15) is 463 Å². The maximum Gasteiger partial charge on any atom is 0.305 e. The van der Waals surface area contributed by atoms with Crippen LogP contribution in [-0.4, -0.2) is 47.4 Å². The molecule has 0 aromatic rings. The van der Waals surface area contributed by atoms with E-state index in [-0.39, 0.29) is 18.5 Å². The van der Waals surface area contributed by atoms with Gasteiger partial charge in [-0.2, -0.15) is 0 Å². The van der Waals surface area contributed by atoms with E-state index < -0.39 is 12.1 Å². The van der Waals surface area contributed by atoms with E-state index in [9.17, 15) is 19.8 Å². The lowest BCUT2D eigenvalue weighted by Gasteiger charge is -2.20. The number of rotatable bonds is 79. The average molecular weight is 1290 g/mol. The third-order valence-electron chi connectivity index (χ3n) is 19.6. The summed E-state index contributed by atoms with van der Waals surface area (Å²) in [5.74, 6) is -0.0434. The summed E-state index contributed by atoms with van der Waals surface area (Å²) in [5.41, 5.74) is 0. The van der Waals surface area contributed by atoms with Crippen LogP contribution in [0.25, 0.3) is 0 Å². The van der Waals surface area contributed by atoms with Crippen LogP contribution in [0.5, 0.6) is 0 Å². The van der Waals surface area contributed by atoms with E-state index >= 15 is 0 Å². The molecule has 6 heteroatoms. The second kappa shape index (κ2) is 81.2. The molecule has 0 saturated carbocycles. The van der Waals surface area contributed by atoms with Crippen molar-refractivity contribution in [1.82, 2.24) is 5.32 Å². The Morgan fingerprint density at radius 1 is 0.304 bits per heavy atom. The first-order valence-electron chi connectivity index (χ1n) is 41.9. The number of nitrogens with one attached hydrogen (secondary N) is 1. The molecule has 0 aromatic heterocycles. The molecule has 542 valence electrons. The molecule has 0 aliphatic heterocycles. The van der Waals surface area contributed by atoms with Crippen LogP contribution in [0.4, 0.5) is 0 Å². The van der Waals surface area contributed by atoms with E-state index in [0.717, 1.165) is 51.4 Å². The summed E-state index contributed by atoms with van der Waals surface area (Å²) in [4.78, 5) is 24.7. The highest BCUT2D eigenvalue weighted by molar-refractivity contribution is 5.76. The highest BCUT2D eigenvalue weighted by Gasteiger charge is 2.18. The van der Waals surface area contributed by atoms with Gasteiger partial charge in [0.1, 0.15) is 0 Å². The lowest BCUT2D eigenvalue weighted by atomic mass is 10.0. The predicted molar refractivity (Wildman–Crippen MR) is 407 cm³/mol. The molecule has 2 atom stereocenters. The van der Waals surface area contributed by atoms with Crippen LogP contribution < -0.4 is 5.32 Å². The number of hydrogen-bond acceptors (Lipinski definition) is 5. The van der Waals surface area contributed by atoms with Crippen molar-refractivity contribution in [2.24, 2.45) is 0 Å². The Kier molecular flexibility index (Phi) is 79.3. The van der Waals surface area contributed by atoms with E-state index in [1.54, 1.807) is 6.08 Å². The van der Waals surface area contributed by atoms with Gasteiger partial charge >= 0.3 is 5.97 Å². The number of carbonyl (C=O) groups excluding carboxylic acids is 2. The largest absolute Gasteiger partial charge is 0.466 e. The molecule has 0 rings (SSSR count). The molecule has 0 spiro atoms. The molecule has 0 heterocycles. The number of esters is 1. The number of carbonyl (C=O) groups is 2. The van der Waals surface area contributed by atoms with Crippen molar-refractivity contribution in [3.05, 3.63) is 48.6 Å². The van der Waals surface area contributed by atoms with Gasteiger partial charge < -0.3 is 20.3 Å². The maximum atomic E-state index is 12.5. The van der Waals surface area contributed by atoms with Gasteiger partial charge in [-0.3, -0.25) is 9.59 Å². The van der Waals surface area contributed by atoms with E-state index in [0.29, 0.717) is 19.4 Å². The Bertz CT molecular complexity index is 1540. The summed E-state index contributed by atoms with van der Waals surface area (Å²) in [7, 11) is 0. The molecule has 0 aliphatic rings. The minimum atomic E-state index is -0.843. The maximum absolute atomic E-state index is 12.5. The molecule has 0 aromatic carbocycles. The molecule has 6 nitrogen and oxygen atoms in total. The molecule has 0 aliphatic carbocycles. The zero-order valence-electron chi connectivity index (χ0n) is 62.3. The van der Waals surface area contributed by atoms with Crippen molar-refractivity contribution < 1.29 is 24.5 Å². The van der Waals surface area contributed by atoms with Gasteiger partial charge in [0.2, 0.25) is 5.91 Å². The Morgan fingerprint density at radius 2 is 0.543 bits per heavy atom. The summed E-state index contributed by atoms with van der Waals surface area (Å²) >= 11 is 0. The first-order valence-corrected chi connectivity index (χ1v) is 41.9. The van der Waals surface area contributed by atoms with Crippen LogP contribution in [0.3, 0.4) is 0 Å². The molecule has 1 amide bonds. The second-order valence-corrected chi connectivity index (χ2v) is 28.8. The van der Waals surface area contributed by atoms with Crippen molar-refractivity contribution in [2.75, 3.05) is 13.2 Å². The molecule has 2 unspecified atom stereocenters. The Morgan fingerprint density at radius 3 is 0.837 bits per heavy atom. The van der Waals surface area contributed by atoms with Crippen molar-refractivity contribution in [3.63, 3.8) is 0 Å². The monoisotopic (exact) mass is 1290 g/mol. The van der Waals surface area contributed by atoms with Crippen molar-refractivity contribution in [1.29, 1.82) is 0 Å². The predicted octanol–water partition coefficient (Wildman–Crippen LogP) is 27.9. The Labute approximate surface area is 576 Å². The third-order valence-corrected chi connectivity index (χ3v) is 19.6. The quantitative estimate of drug-likeness (QED) is 0.0320. The van der Waals surface area contributed by atoms with E-state index in [1.165, 1.54) is 385 Å². The molecule has 92 heavy (non-hydrogen) atoms. The first-order chi connectivity index (χ1) is 45.5. The van der Waals surface area contributed by atoms with Crippen LogP contribution >= 0.6 is 0 Å². The van der Waals surface area contributed by atoms with Gasteiger partial charge in [0.15, 0.2) is 0 Å². The molecule has 0 radical (unpaired) electrons. The zero-order chi connectivity index (χ0) is 66.3. The SMILES string of the molecule is CCCCCCCCC/C=C\CCCCCCCCCC(=O)OCCCCCCCCCCCCCCCCC/C=C\C/C=C\CCCCCCCCCCCCCCCCCCCC(=O)NC(CO)C(O)/C=C/CCCCCCCCCCCCCCCCCC. The lowest BCUT2D eigenvalue weighted by Crippen LogP contribution is -2.45. The molecule has 0 saturated heterocycles. The number of aliphatic hydroxyl groups excluding tert-OH is 2. The van der Waals surface area contributed by atoms with E-state index in [2.05, 4.69) is 55.6 Å². The van der Waals surface area contributed by atoms with Gasteiger partial charge in [-0.25, -0.2) is 0 Å². The minimum absolute atomic E-state index is 0.0179. The summed E-state index contributed by atoms with van der Waals surface area (Å²) in [6.45, 7) is 4.95. The van der Waals surface area contributed by atoms with Crippen molar-refractivity contribution in [2.45, 2.75) is 475 Å².